The van der Waals surface area contributed by atoms with E-state index in [1.165, 1.54) is 0 Å². The van der Waals surface area contributed by atoms with Gasteiger partial charge in [0.2, 0.25) is 5.91 Å². The first-order chi connectivity index (χ1) is 9.09. The van der Waals surface area contributed by atoms with Crippen molar-refractivity contribution in [1.29, 1.82) is 0 Å². The van der Waals surface area contributed by atoms with Gasteiger partial charge in [0.25, 0.3) is 0 Å². The normalized spacial score (nSPS) is 16.4. The summed E-state index contributed by atoms with van der Waals surface area (Å²) in [5.74, 6) is -4.26. The molecule has 1 fully saturated rings. The van der Waals surface area contributed by atoms with Crippen LogP contribution in [0.4, 0.5) is 13.2 Å². The molecule has 2 N–H and O–H groups in total. The fourth-order valence-corrected chi connectivity index (χ4v) is 2.11. The third kappa shape index (κ3) is 3.26. The molecule has 19 heavy (non-hydrogen) atoms. The average molecular weight is 272 g/mol. The highest BCUT2D eigenvalue weighted by atomic mass is 19.2. The summed E-state index contributed by atoms with van der Waals surface area (Å²) in [6, 6.07) is 1.99. The molecule has 1 aliphatic heterocycles. The van der Waals surface area contributed by atoms with Gasteiger partial charge in [-0.25, -0.2) is 13.2 Å². The summed E-state index contributed by atoms with van der Waals surface area (Å²) in [7, 11) is 0. The van der Waals surface area contributed by atoms with Crippen LogP contribution in [0, 0.1) is 23.4 Å². The highest BCUT2D eigenvalue weighted by Crippen LogP contribution is 2.16. The van der Waals surface area contributed by atoms with Crippen molar-refractivity contribution in [3.63, 3.8) is 0 Å². The number of halogens is 3. The molecule has 0 spiro atoms. The first-order valence-electron chi connectivity index (χ1n) is 6.20. The molecule has 3 nitrogen and oxygen atoms in total. The third-order valence-electron chi connectivity index (χ3n) is 3.28. The van der Waals surface area contributed by atoms with Crippen molar-refractivity contribution >= 4 is 5.91 Å². The quantitative estimate of drug-likeness (QED) is 0.823. The maximum absolute atomic E-state index is 13.4. The lowest BCUT2D eigenvalue weighted by molar-refractivity contribution is -0.125. The summed E-state index contributed by atoms with van der Waals surface area (Å²) in [6.07, 6.45) is 1.46. The van der Waals surface area contributed by atoms with E-state index in [0.717, 1.165) is 38.1 Å². The Morgan fingerprint density at radius 3 is 2.58 bits per heavy atom. The number of carbonyl (C=O) groups excluding carboxylic acids is 1. The Morgan fingerprint density at radius 2 is 1.89 bits per heavy atom. The van der Waals surface area contributed by atoms with Crippen molar-refractivity contribution in [1.82, 2.24) is 10.6 Å². The van der Waals surface area contributed by atoms with Crippen LogP contribution in [-0.4, -0.2) is 19.0 Å². The highest BCUT2D eigenvalue weighted by Gasteiger charge is 2.21. The molecule has 104 valence electrons. The summed E-state index contributed by atoms with van der Waals surface area (Å²) in [5, 5.41) is 5.70. The van der Waals surface area contributed by atoms with Gasteiger partial charge in [-0.3, -0.25) is 4.79 Å². The Kier molecular flexibility index (Phi) is 4.42. The second-order valence-corrected chi connectivity index (χ2v) is 4.58. The second-order valence-electron chi connectivity index (χ2n) is 4.58. The molecular weight excluding hydrogens is 257 g/mol. The molecule has 1 amide bonds. The van der Waals surface area contributed by atoms with E-state index < -0.39 is 17.5 Å². The molecule has 1 aromatic rings. The predicted molar refractivity (Wildman–Crippen MR) is 63.8 cm³/mol. The molecule has 0 saturated carbocycles. The number of hydrogen-bond donors (Lipinski definition) is 2. The lowest BCUT2D eigenvalue weighted by Crippen LogP contribution is -2.38. The molecule has 6 heteroatoms. The molecule has 1 heterocycles. The van der Waals surface area contributed by atoms with Crippen molar-refractivity contribution < 1.29 is 18.0 Å². The van der Waals surface area contributed by atoms with E-state index in [1.807, 2.05) is 0 Å². The van der Waals surface area contributed by atoms with Crippen LogP contribution in [0.1, 0.15) is 18.4 Å². The number of rotatable bonds is 3. The molecule has 0 aliphatic carbocycles. The van der Waals surface area contributed by atoms with Crippen molar-refractivity contribution in [3.8, 4) is 0 Å². The SMILES string of the molecule is O=C(NCc1ccc(F)c(F)c1F)C1CCNCC1. The van der Waals surface area contributed by atoms with Crippen LogP contribution in [0.25, 0.3) is 0 Å². The van der Waals surface area contributed by atoms with Gasteiger partial charge in [0.1, 0.15) is 0 Å². The number of benzene rings is 1. The summed E-state index contributed by atoms with van der Waals surface area (Å²) < 4.78 is 39.1. The molecular formula is C13H15F3N2O. The first-order valence-corrected chi connectivity index (χ1v) is 6.20. The van der Waals surface area contributed by atoms with Gasteiger partial charge in [0, 0.05) is 18.0 Å². The van der Waals surface area contributed by atoms with E-state index in [-0.39, 0.29) is 23.9 Å². The highest BCUT2D eigenvalue weighted by molar-refractivity contribution is 5.78. The number of amides is 1. The second kappa shape index (κ2) is 6.06. The maximum Gasteiger partial charge on any atom is 0.223 e. The Labute approximate surface area is 109 Å². The van der Waals surface area contributed by atoms with E-state index in [2.05, 4.69) is 10.6 Å². The van der Waals surface area contributed by atoms with E-state index in [1.54, 1.807) is 0 Å². The molecule has 0 aromatic heterocycles. The van der Waals surface area contributed by atoms with Gasteiger partial charge in [-0.1, -0.05) is 6.07 Å². The summed E-state index contributed by atoms with van der Waals surface area (Å²) >= 11 is 0. The average Bonchev–Trinajstić information content (AvgIpc) is 2.45. The van der Waals surface area contributed by atoms with Gasteiger partial charge >= 0.3 is 0 Å². The summed E-state index contributed by atoms with van der Waals surface area (Å²) in [4.78, 5) is 11.8. The zero-order valence-corrected chi connectivity index (χ0v) is 10.3. The summed E-state index contributed by atoms with van der Waals surface area (Å²) in [5.41, 5.74) is -0.0545. The van der Waals surface area contributed by atoms with Crippen LogP contribution in [0.5, 0.6) is 0 Å². The lowest BCUT2D eigenvalue weighted by atomic mass is 9.97. The van der Waals surface area contributed by atoms with Crippen molar-refractivity contribution in [2.75, 3.05) is 13.1 Å². The maximum atomic E-state index is 13.4. The number of piperidine rings is 1. The molecule has 1 aliphatic rings. The third-order valence-corrected chi connectivity index (χ3v) is 3.28. The minimum absolute atomic E-state index is 0.0545. The van der Waals surface area contributed by atoms with Gasteiger partial charge < -0.3 is 10.6 Å². The Bertz CT molecular complexity index is 473. The van der Waals surface area contributed by atoms with Gasteiger partial charge in [-0.05, 0) is 32.0 Å². The molecule has 1 saturated heterocycles. The molecule has 0 bridgehead atoms. The fourth-order valence-electron chi connectivity index (χ4n) is 2.11. The Balaban J connectivity index is 1.95. The minimum atomic E-state index is -1.51. The van der Waals surface area contributed by atoms with Gasteiger partial charge in [-0.15, -0.1) is 0 Å². The molecule has 0 unspecified atom stereocenters. The largest absolute Gasteiger partial charge is 0.352 e. The Hall–Kier alpha value is -1.56. The topological polar surface area (TPSA) is 41.1 Å². The van der Waals surface area contributed by atoms with E-state index in [9.17, 15) is 18.0 Å². The lowest BCUT2D eigenvalue weighted by Gasteiger charge is -2.21. The van der Waals surface area contributed by atoms with Gasteiger partial charge in [0.15, 0.2) is 17.5 Å². The van der Waals surface area contributed by atoms with E-state index >= 15 is 0 Å². The zero-order valence-electron chi connectivity index (χ0n) is 10.3. The molecule has 2 rings (SSSR count). The molecule has 0 radical (unpaired) electrons. The first kappa shape index (κ1) is 13.9. The minimum Gasteiger partial charge on any atom is -0.352 e. The van der Waals surface area contributed by atoms with Gasteiger partial charge in [0.05, 0.1) is 0 Å². The van der Waals surface area contributed by atoms with Crippen LogP contribution < -0.4 is 10.6 Å². The van der Waals surface area contributed by atoms with Crippen LogP contribution in [0.15, 0.2) is 12.1 Å². The van der Waals surface area contributed by atoms with Gasteiger partial charge in [-0.2, -0.15) is 0 Å². The zero-order chi connectivity index (χ0) is 13.8. The Morgan fingerprint density at radius 1 is 1.21 bits per heavy atom. The number of nitrogens with one attached hydrogen (secondary N) is 2. The number of carbonyl (C=O) groups is 1. The van der Waals surface area contributed by atoms with Crippen molar-refractivity contribution in [2.45, 2.75) is 19.4 Å². The van der Waals surface area contributed by atoms with Crippen LogP contribution in [0.2, 0.25) is 0 Å². The van der Waals surface area contributed by atoms with E-state index in [4.69, 9.17) is 0 Å². The van der Waals surface area contributed by atoms with Crippen LogP contribution in [0.3, 0.4) is 0 Å². The van der Waals surface area contributed by atoms with Crippen molar-refractivity contribution in [3.05, 3.63) is 35.1 Å². The number of hydrogen-bond acceptors (Lipinski definition) is 2. The molecule has 1 aromatic carbocycles. The van der Waals surface area contributed by atoms with Crippen LogP contribution in [-0.2, 0) is 11.3 Å². The standard InChI is InChI=1S/C13H15F3N2O/c14-10-2-1-9(11(15)12(10)16)7-18-13(19)8-3-5-17-6-4-8/h1-2,8,17H,3-7H2,(H,18,19). The van der Waals surface area contributed by atoms with Crippen molar-refractivity contribution in [2.24, 2.45) is 5.92 Å². The fraction of sp³-hybridized carbons (Fsp3) is 0.462. The smallest absolute Gasteiger partial charge is 0.223 e. The predicted octanol–water partition coefficient (Wildman–Crippen LogP) is 1.72. The summed E-state index contributed by atoms with van der Waals surface area (Å²) in [6.45, 7) is 1.42. The monoisotopic (exact) mass is 272 g/mol. The molecule has 0 atom stereocenters. The van der Waals surface area contributed by atoms with Crippen LogP contribution >= 0.6 is 0 Å². The van der Waals surface area contributed by atoms with E-state index in [0.29, 0.717) is 0 Å².